The van der Waals surface area contributed by atoms with Crippen molar-refractivity contribution in [1.29, 1.82) is 0 Å². The second kappa shape index (κ2) is 9.40. The summed E-state index contributed by atoms with van der Waals surface area (Å²) >= 11 is 0. The van der Waals surface area contributed by atoms with Crippen LogP contribution in [0.5, 0.6) is 17.2 Å². The first-order valence-electron chi connectivity index (χ1n) is 8.78. The molecule has 8 nitrogen and oxygen atoms in total. The van der Waals surface area contributed by atoms with Crippen LogP contribution in [0.2, 0.25) is 0 Å². The summed E-state index contributed by atoms with van der Waals surface area (Å²) < 4.78 is 16.0. The van der Waals surface area contributed by atoms with Crippen molar-refractivity contribution in [3.63, 3.8) is 0 Å². The Balaban J connectivity index is 1.66. The lowest BCUT2D eigenvalue weighted by molar-refractivity contribution is 0.405. The maximum Gasteiger partial charge on any atom is 0.249 e. The molecule has 28 heavy (non-hydrogen) atoms. The molecule has 0 aliphatic carbocycles. The van der Waals surface area contributed by atoms with E-state index in [0.717, 1.165) is 17.7 Å². The molecule has 0 unspecified atom stereocenters. The number of nitrogens with one attached hydrogen (secondary N) is 2. The summed E-state index contributed by atoms with van der Waals surface area (Å²) in [5.41, 5.74) is 1.81. The Bertz CT molecular complexity index is 920. The number of hydrogen-bond donors (Lipinski definition) is 2. The highest BCUT2D eigenvalue weighted by molar-refractivity contribution is 5.65. The maximum atomic E-state index is 5.38. The molecule has 0 amide bonds. The van der Waals surface area contributed by atoms with Crippen molar-refractivity contribution in [2.24, 2.45) is 0 Å². The third-order valence-corrected chi connectivity index (χ3v) is 4.10. The van der Waals surface area contributed by atoms with Crippen molar-refractivity contribution in [3.05, 3.63) is 54.2 Å². The maximum absolute atomic E-state index is 5.38. The largest absolute Gasteiger partial charge is 0.497 e. The molecule has 146 valence electrons. The van der Waals surface area contributed by atoms with Gasteiger partial charge < -0.3 is 24.8 Å². The van der Waals surface area contributed by atoms with Gasteiger partial charge in [-0.3, -0.25) is 0 Å². The van der Waals surface area contributed by atoms with Crippen LogP contribution >= 0.6 is 0 Å². The van der Waals surface area contributed by atoms with Crippen LogP contribution in [0.4, 0.5) is 17.5 Å². The van der Waals surface area contributed by atoms with Crippen molar-refractivity contribution < 1.29 is 14.2 Å². The number of anilines is 3. The van der Waals surface area contributed by atoms with E-state index in [9.17, 15) is 0 Å². The summed E-state index contributed by atoms with van der Waals surface area (Å²) in [6.07, 6.45) is 2.37. The lowest BCUT2D eigenvalue weighted by Gasteiger charge is -2.12. The van der Waals surface area contributed by atoms with Crippen LogP contribution < -0.4 is 24.8 Å². The van der Waals surface area contributed by atoms with Crippen molar-refractivity contribution in [3.8, 4) is 17.2 Å². The second-order valence-corrected chi connectivity index (χ2v) is 5.85. The zero-order chi connectivity index (χ0) is 19.8. The minimum atomic E-state index is 0.355. The van der Waals surface area contributed by atoms with E-state index >= 15 is 0 Å². The second-order valence-electron chi connectivity index (χ2n) is 5.85. The van der Waals surface area contributed by atoms with E-state index in [0.29, 0.717) is 35.5 Å². The van der Waals surface area contributed by atoms with Gasteiger partial charge in [0.2, 0.25) is 5.95 Å². The van der Waals surface area contributed by atoms with Gasteiger partial charge in [0.15, 0.2) is 5.82 Å². The van der Waals surface area contributed by atoms with Gasteiger partial charge in [-0.25, -0.2) is 0 Å². The first-order valence-corrected chi connectivity index (χ1v) is 8.78. The zero-order valence-electron chi connectivity index (χ0n) is 16.1. The Morgan fingerprint density at radius 3 is 2.54 bits per heavy atom. The first kappa shape index (κ1) is 19.2. The smallest absolute Gasteiger partial charge is 0.249 e. The van der Waals surface area contributed by atoms with Crippen molar-refractivity contribution in [1.82, 2.24) is 15.2 Å². The quantitative estimate of drug-likeness (QED) is 0.583. The van der Waals surface area contributed by atoms with Crippen LogP contribution in [0.15, 0.2) is 48.7 Å². The van der Waals surface area contributed by atoms with Crippen molar-refractivity contribution in [2.45, 2.75) is 6.42 Å². The normalized spacial score (nSPS) is 10.2. The molecule has 0 saturated carbocycles. The highest BCUT2D eigenvalue weighted by atomic mass is 16.5. The average Bonchev–Trinajstić information content (AvgIpc) is 2.74. The summed E-state index contributed by atoms with van der Waals surface area (Å²) in [4.78, 5) is 4.45. The lowest BCUT2D eigenvalue weighted by Crippen LogP contribution is -2.09. The molecular formula is C20H23N5O3. The van der Waals surface area contributed by atoms with Gasteiger partial charge in [0.1, 0.15) is 17.2 Å². The Hall–Kier alpha value is -3.55. The summed E-state index contributed by atoms with van der Waals surface area (Å²) in [5, 5.41) is 14.4. The van der Waals surface area contributed by atoms with E-state index in [1.807, 2.05) is 42.5 Å². The Kier molecular flexibility index (Phi) is 6.46. The summed E-state index contributed by atoms with van der Waals surface area (Å²) in [6.45, 7) is 0.682. The molecule has 8 heteroatoms. The third kappa shape index (κ3) is 4.79. The molecular weight excluding hydrogens is 358 g/mol. The average molecular weight is 381 g/mol. The van der Waals surface area contributed by atoms with Gasteiger partial charge in [-0.2, -0.15) is 10.1 Å². The standard InChI is InChI=1S/C20H23N5O3/c1-26-15-8-9-18(28-3)16(12-15)23-20-24-19(13-22-25-20)21-11-10-14-6-4-5-7-17(14)27-2/h4-9,12-13H,10-11H2,1-3H3,(H2,21,23,24,25). The highest BCUT2D eigenvalue weighted by Gasteiger charge is 2.08. The van der Waals surface area contributed by atoms with Crippen LogP contribution in [-0.4, -0.2) is 43.1 Å². The van der Waals surface area contributed by atoms with Gasteiger partial charge >= 0.3 is 0 Å². The van der Waals surface area contributed by atoms with Crippen molar-refractivity contribution in [2.75, 3.05) is 38.5 Å². The molecule has 3 rings (SSSR count). The molecule has 0 saturated heterocycles. The fourth-order valence-electron chi connectivity index (χ4n) is 2.71. The number of rotatable bonds is 9. The van der Waals surface area contributed by atoms with Crippen LogP contribution in [0, 0.1) is 0 Å². The molecule has 0 radical (unpaired) electrons. The zero-order valence-corrected chi connectivity index (χ0v) is 16.1. The predicted octanol–water partition coefficient (Wildman–Crippen LogP) is 3.30. The van der Waals surface area contributed by atoms with E-state index < -0.39 is 0 Å². The minimum Gasteiger partial charge on any atom is -0.497 e. The molecule has 0 fully saturated rings. The van der Waals surface area contributed by atoms with Gasteiger partial charge in [-0.05, 0) is 30.2 Å². The number of nitrogens with zero attached hydrogens (tertiary/aromatic N) is 3. The van der Waals surface area contributed by atoms with E-state index in [1.165, 1.54) is 0 Å². The number of hydrogen-bond acceptors (Lipinski definition) is 8. The van der Waals surface area contributed by atoms with Gasteiger partial charge in [-0.1, -0.05) is 18.2 Å². The Labute approximate surface area is 163 Å². The minimum absolute atomic E-state index is 0.355. The van der Waals surface area contributed by atoms with Gasteiger partial charge in [0.25, 0.3) is 0 Å². The van der Waals surface area contributed by atoms with Crippen LogP contribution in [0.1, 0.15) is 5.56 Å². The van der Waals surface area contributed by atoms with Gasteiger partial charge in [0, 0.05) is 12.6 Å². The van der Waals surface area contributed by atoms with Gasteiger partial charge in [0.05, 0.1) is 33.2 Å². The third-order valence-electron chi connectivity index (χ3n) is 4.10. The fraction of sp³-hybridized carbons (Fsp3) is 0.250. The molecule has 2 N–H and O–H groups in total. The molecule has 1 heterocycles. The first-order chi connectivity index (χ1) is 13.7. The number of para-hydroxylation sites is 1. The van der Waals surface area contributed by atoms with Crippen LogP contribution in [0.3, 0.4) is 0 Å². The van der Waals surface area contributed by atoms with Crippen molar-refractivity contribution >= 4 is 17.5 Å². The molecule has 0 atom stereocenters. The lowest BCUT2D eigenvalue weighted by atomic mass is 10.1. The summed E-state index contributed by atoms with van der Waals surface area (Å²) in [7, 11) is 4.88. The molecule has 2 aromatic carbocycles. The van der Waals surface area contributed by atoms with E-state index in [1.54, 1.807) is 27.5 Å². The van der Waals surface area contributed by atoms with E-state index in [-0.39, 0.29) is 0 Å². The van der Waals surface area contributed by atoms with Crippen LogP contribution in [0.25, 0.3) is 0 Å². The van der Waals surface area contributed by atoms with Crippen LogP contribution in [-0.2, 0) is 6.42 Å². The monoisotopic (exact) mass is 381 g/mol. The molecule has 0 aliphatic heterocycles. The Morgan fingerprint density at radius 2 is 1.75 bits per heavy atom. The van der Waals surface area contributed by atoms with E-state index in [4.69, 9.17) is 14.2 Å². The van der Waals surface area contributed by atoms with Gasteiger partial charge in [-0.15, -0.1) is 5.10 Å². The number of benzene rings is 2. The fourth-order valence-corrected chi connectivity index (χ4v) is 2.71. The number of aromatic nitrogens is 3. The number of ether oxygens (including phenoxy) is 3. The molecule has 0 bridgehead atoms. The molecule has 1 aromatic heterocycles. The highest BCUT2D eigenvalue weighted by Crippen LogP contribution is 2.30. The van der Waals surface area contributed by atoms with E-state index in [2.05, 4.69) is 25.8 Å². The topological polar surface area (TPSA) is 90.4 Å². The summed E-state index contributed by atoms with van der Waals surface area (Å²) in [6, 6.07) is 13.4. The SMILES string of the molecule is COc1ccc(OC)c(Nc2nncc(NCCc3ccccc3OC)n2)c1. The summed E-state index contributed by atoms with van der Waals surface area (Å²) in [5.74, 6) is 3.20. The molecule has 0 aliphatic rings. The number of methoxy groups -OCH3 is 3. The Morgan fingerprint density at radius 1 is 0.929 bits per heavy atom. The molecule has 3 aromatic rings. The molecule has 0 spiro atoms. The predicted molar refractivity (Wildman–Crippen MR) is 108 cm³/mol.